The molecule has 1 rings (SSSR count). The second-order valence-electron chi connectivity index (χ2n) is 2.58. The summed E-state index contributed by atoms with van der Waals surface area (Å²) >= 11 is 0. The van der Waals surface area contributed by atoms with E-state index in [1.54, 1.807) is 6.20 Å². The first-order chi connectivity index (χ1) is 5.74. The number of anilines is 1. The van der Waals surface area contributed by atoms with E-state index < -0.39 is 6.67 Å². The van der Waals surface area contributed by atoms with Gasteiger partial charge in [-0.15, -0.1) is 0 Å². The third-order valence-electron chi connectivity index (χ3n) is 1.60. The van der Waals surface area contributed by atoms with Crippen LogP contribution < -0.4 is 5.32 Å². The monoisotopic (exact) mass is 169 g/mol. The largest absolute Gasteiger partial charge is 0.352 e. The molecule has 1 aromatic rings. The Balaban J connectivity index is 2.69. The molecular weight excluding hydrogens is 157 g/mol. The average molecular weight is 169 g/mol. The third-order valence-corrected chi connectivity index (χ3v) is 1.60. The van der Waals surface area contributed by atoms with Crippen molar-refractivity contribution in [2.45, 2.75) is 13.8 Å². The van der Waals surface area contributed by atoms with Crippen molar-refractivity contribution in [3.63, 3.8) is 0 Å². The van der Waals surface area contributed by atoms with Gasteiger partial charge in [-0.25, -0.2) is 14.4 Å². The van der Waals surface area contributed by atoms with E-state index in [2.05, 4.69) is 15.3 Å². The van der Waals surface area contributed by atoms with Crippen LogP contribution in [-0.2, 0) is 0 Å². The molecule has 0 bridgehead atoms. The molecule has 0 saturated carbocycles. The normalized spacial score (nSPS) is 9.92. The number of alkyl halides is 1. The van der Waals surface area contributed by atoms with Crippen LogP contribution in [0.4, 0.5) is 10.3 Å². The van der Waals surface area contributed by atoms with Gasteiger partial charge in [0.15, 0.2) is 0 Å². The number of nitrogens with one attached hydrogen (secondary N) is 1. The van der Waals surface area contributed by atoms with Crippen molar-refractivity contribution in [3.8, 4) is 0 Å². The van der Waals surface area contributed by atoms with Crippen molar-refractivity contribution >= 4 is 5.95 Å². The second-order valence-corrected chi connectivity index (χ2v) is 2.58. The molecule has 0 atom stereocenters. The van der Waals surface area contributed by atoms with Crippen molar-refractivity contribution in [1.82, 2.24) is 9.97 Å². The molecule has 0 aromatic carbocycles. The number of hydrogen-bond acceptors (Lipinski definition) is 3. The summed E-state index contributed by atoms with van der Waals surface area (Å²) in [6.45, 7) is 3.70. The maximum absolute atomic E-state index is 11.7. The van der Waals surface area contributed by atoms with Gasteiger partial charge in [0.2, 0.25) is 5.95 Å². The van der Waals surface area contributed by atoms with E-state index in [0.717, 1.165) is 11.3 Å². The zero-order valence-electron chi connectivity index (χ0n) is 7.26. The van der Waals surface area contributed by atoms with E-state index in [1.807, 2.05) is 13.8 Å². The van der Waals surface area contributed by atoms with E-state index in [0.29, 0.717) is 5.95 Å². The molecule has 0 saturated heterocycles. The van der Waals surface area contributed by atoms with E-state index >= 15 is 0 Å². The van der Waals surface area contributed by atoms with Crippen LogP contribution >= 0.6 is 0 Å². The zero-order valence-corrected chi connectivity index (χ0v) is 7.26. The Morgan fingerprint density at radius 1 is 1.50 bits per heavy atom. The van der Waals surface area contributed by atoms with Gasteiger partial charge in [-0.3, -0.25) is 0 Å². The summed E-state index contributed by atoms with van der Waals surface area (Å²) in [4.78, 5) is 8.11. The van der Waals surface area contributed by atoms with Crippen LogP contribution in [0.15, 0.2) is 6.20 Å². The lowest BCUT2D eigenvalue weighted by Gasteiger charge is -2.03. The minimum Gasteiger partial charge on any atom is -0.352 e. The molecule has 1 N–H and O–H groups in total. The van der Waals surface area contributed by atoms with Gasteiger partial charge in [-0.05, 0) is 19.4 Å². The fraction of sp³-hybridized carbons (Fsp3) is 0.500. The summed E-state index contributed by atoms with van der Waals surface area (Å²) < 4.78 is 11.7. The molecule has 0 aliphatic heterocycles. The standard InChI is InChI=1S/C8H12FN3/c1-6-5-11-8(10-4-3-9)12-7(6)2/h5H,3-4H2,1-2H3,(H,10,11,12). The molecule has 0 amide bonds. The lowest BCUT2D eigenvalue weighted by molar-refractivity contribution is 0.512. The Kier molecular flexibility index (Phi) is 2.96. The van der Waals surface area contributed by atoms with Gasteiger partial charge in [-0.1, -0.05) is 0 Å². The minimum atomic E-state index is -0.406. The van der Waals surface area contributed by atoms with Crippen LogP contribution in [0.25, 0.3) is 0 Å². The van der Waals surface area contributed by atoms with Crippen molar-refractivity contribution in [3.05, 3.63) is 17.5 Å². The SMILES string of the molecule is Cc1cnc(NCCF)nc1C. The van der Waals surface area contributed by atoms with Crippen LogP contribution in [-0.4, -0.2) is 23.2 Å². The van der Waals surface area contributed by atoms with Gasteiger partial charge < -0.3 is 5.32 Å². The summed E-state index contributed by atoms with van der Waals surface area (Å²) in [7, 11) is 0. The molecule has 0 aliphatic rings. The van der Waals surface area contributed by atoms with Gasteiger partial charge >= 0.3 is 0 Å². The van der Waals surface area contributed by atoms with Gasteiger partial charge in [0.25, 0.3) is 0 Å². The molecule has 0 aliphatic carbocycles. The molecule has 1 aromatic heterocycles. The molecule has 4 heteroatoms. The minimum absolute atomic E-state index is 0.266. The number of hydrogen-bond donors (Lipinski definition) is 1. The summed E-state index contributed by atoms with van der Waals surface area (Å²) in [6.07, 6.45) is 1.73. The highest BCUT2D eigenvalue weighted by molar-refractivity contribution is 5.28. The maximum Gasteiger partial charge on any atom is 0.222 e. The highest BCUT2D eigenvalue weighted by Crippen LogP contribution is 2.04. The number of aryl methyl sites for hydroxylation is 2. The van der Waals surface area contributed by atoms with E-state index in [9.17, 15) is 4.39 Å². The van der Waals surface area contributed by atoms with Gasteiger partial charge in [0.05, 0.1) is 0 Å². The first kappa shape index (κ1) is 8.90. The Bertz CT molecular complexity index is 262. The molecule has 66 valence electrons. The van der Waals surface area contributed by atoms with Crippen LogP contribution in [0.5, 0.6) is 0 Å². The summed E-state index contributed by atoms with van der Waals surface area (Å²) in [6, 6.07) is 0. The van der Waals surface area contributed by atoms with Crippen molar-refractivity contribution in [1.29, 1.82) is 0 Å². The van der Waals surface area contributed by atoms with Crippen molar-refractivity contribution < 1.29 is 4.39 Å². The summed E-state index contributed by atoms with van der Waals surface area (Å²) in [5, 5.41) is 2.77. The van der Waals surface area contributed by atoms with Gasteiger partial charge in [0, 0.05) is 18.4 Å². The lowest BCUT2D eigenvalue weighted by atomic mass is 10.3. The van der Waals surface area contributed by atoms with E-state index in [4.69, 9.17) is 0 Å². The topological polar surface area (TPSA) is 37.8 Å². The predicted octanol–water partition coefficient (Wildman–Crippen LogP) is 1.47. The van der Waals surface area contributed by atoms with Crippen molar-refractivity contribution in [2.24, 2.45) is 0 Å². The Hall–Kier alpha value is -1.19. The van der Waals surface area contributed by atoms with Crippen LogP contribution in [0, 0.1) is 13.8 Å². The Morgan fingerprint density at radius 2 is 2.25 bits per heavy atom. The summed E-state index contributed by atoms with van der Waals surface area (Å²) in [5.74, 6) is 0.496. The van der Waals surface area contributed by atoms with Crippen molar-refractivity contribution in [2.75, 3.05) is 18.5 Å². The maximum atomic E-state index is 11.7. The number of halogens is 1. The molecule has 0 radical (unpaired) electrons. The fourth-order valence-electron chi connectivity index (χ4n) is 0.772. The lowest BCUT2D eigenvalue weighted by Crippen LogP contribution is -2.07. The van der Waals surface area contributed by atoms with E-state index in [-0.39, 0.29) is 6.54 Å². The first-order valence-corrected chi connectivity index (χ1v) is 3.84. The third kappa shape index (κ3) is 2.15. The molecule has 12 heavy (non-hydrogen) atoms. The molecule has 3 nitrogen and oxygen atoms in total. The summed E-state index contributed by atoms with van der Waals surface area (Å²) in [5.41, 5.74) is 1.96. The highest BCUT2D eigenvalue weighted by Gasteiger charge is 1.97. The molecule has 0 unspecified atom stereocenters. The fourth-order valence-corrected chi connectivity index (χ4v) is 0.772. The number of rotatable bonds is 3. The zero-order chi connectivity index (χ0) is 8.97. The quantitative estimate of drug-likeness (QED) is 0.744. The molecular formula is C8H12FN3. The number of nitrogens with zero attached hydrogens (tertiary/aromatic N) is 2. The molecule has 0 fully saturated rings. The van der Waals surface area contributed by atoms with E-state index in [1.165, 1.54) is 0 Å². The second kappa shape index (κ2) is 3.99. The van der Waals surface area contributed by atoms with Crippen LogP contribution in [0.1, 0.15) is 11.3 Å². The van der Waals surface area contributed by atoms with Gasteiger partial charge in [0.1, 0.15) is 6.67 Å². The highest BCUT2D eigenvalue weighted by atomic mass is 19.1. The predicted molar refractivity (Wildman–Crippen MR) is 46.0 cm³/mol. The van der Waals surface area contributed by atoms with Crippen LogP contribution in [0.3, 0.4) is 0 Å². The smallest absolute Gasteiger partial charge is 0.222 e. The average Bonchev–Trinajstić information content (AvgIpc) is 2.07. The van der Waals surface area contributed by atoms with Crippen LogP contribution in [0.2, 0.25) is 0 Å². The Morgan fingerprint density at radius 3 is 2.83 bits per heavy atom. The van der Waals surface area contributed by atoms with Gasteiger partial charge in [-0.2, -0.15) is 0 Å². The molecule has 1 heterocycles. The molecule has 0 spiro atoms. The first-order valence-electron chi connectivity index (χ1n) is 3.84. The number of aromatic nitrogens is 2. The Labute approximate surface area is 71.0 Å².